The summed E-state index contributed by atoms with van der Waals surface area (Å²) in [5.74, 6) is -0.524. The van der Waals surface area contributed by atoms with Crippen molar-refractivity contribution in [1.29, 1.82) is 0 Å². The Hall–Kier alpha value is -1.60. The van der Waals surface area contributed by atoms with Gasteiger partial charge in [0.1, 0.15) is 11.8 Å². The van der Waals surface area contributed by atoms with Gasteiger partial charge in [0.05, 0.1) is 11.5 Å². The van der Waals surface area contributed by atoms with Crippen molar-refractivity contribution in [3.05, 3.63) is 24.3 Å². The fourth-order valence-electron chi connectivity index (χ4n) is 1.77. The predicted octanol–water partition coefficient (Wildman–Crippen LogP) is 1.31. The van der Waals surface area contributed by atoms with Crippen molar-refractivity contribution in [2.24, 2.45) is 0 Å². The highest BCUT2D eigenvalue weighted by Gasteiger charge is 2.18. The molecule has 1 rings (SSSR count). The lowest BCUT2D eigenvalue weighted by Gasteiger charge is -2.17. The summed E-state index contributed by atoms with van der Waals surface area (Å²) in [5, 5.41) is 12.0. The first-order chi connectivity index (χ1) is 9.70. The maximum atomic E-state index is 11.4. The van der Waals surface area contributed by atoms with Crippen LogP contribution in [0.1, 0.15) is 20.3 Å². The number of carboxylic acid groups (broad SMARTS) is 1. The van der Waals surface area contributed by atoms with Gasteiger partial charge in [-0.05, 0) is 18.2 Å². The van der Waals surface area contributed by atoms with Crippen LogP contribution in [0.25, 0.3) is 0 Å². The monoisotopic (exact) mass is 315 g/mol. The van der Waals surface area contributed by atoms with Crippen LogP contribution >= 0.6 is 0 Å². The highest BCUT2D eigenvalue weighted by atomic mass is 32.2. The van der Waals surface area contributed by atoms with E-state index < -0.39 is 21.8 Å². The van der Waals surface area contributed by atoms with Gasteiger partial charge in [0, 0.05) is 18.7 Å². The van der Waals surface area contributed by atoms with Gasteiger partial charge in [0.2, 0.25) is 0 Å². The molecule has 118 valence electrons. The van der Waals surface area contributed by atoms with Crippen LogP contribution in [0.5, 0.6) is 5.75 Å². The number of ether oxygens (including phenoxy) is 1. The van der Waals surface area contributed by atoms with E-state index in [2.05, 4.69) is 5.32 Å². The molecule has 0 bridgehead atoms. The summed E-state index contributed by atoms with van der Waals surface area (Å²) >= 11 is 0. The van der Waals surface area contributed by atoms with E-state index in [-0.39, 0.29) is 24.0 Å². The summed E-state index contributed by atoms with van der Waals surface area (Å²) in [7, 11) is -3.28. The molecule has 0 aliphatic rings. The van der Waals surface area contributed by atoms with Gasteiger partial charge in [-0.1, -0.05) is 19.9 Å². The molecule has 6 nitrogen and oxygen atoms in total. The lowest BCUT2D eigenvalue weighted by molar-refractivity contribution is -0.140. The number of nitrogens with one attached hydrogen (secondary N) is 1. The van der Waals surface area contributed by atoms with Crippen molar-refractivity contribution in [2.75, 3.05) is 12.9 Å². The molecular formula is C14H21NO5S. The quantitative estimate of drug-likeness (QED) is 0.751. The molecule has 1 atom stereocenters. The molecule has 0 aliphatic carbocycles. The molecule has 0 saturated heterocycles. The largest absolute Gasteiger partial charge is 0.493 e. The second kappa shape index (κ2) is 7.42. The van der Waals surface area contributed by atoms with Gasteiger partial charge >= 0.3 is 5.97 Å². The third kappa shape index (κ3) is 6.14. The summed E-state index contributed by atoms with van der Waals surface area (Å²) in [6, 6.07) is 5.51. The van der Waals surface area contributed by atoms with Crippen LogP contribution in [0.15, 0.2) is 29.2 Å². The van der Waals surface area contributed by atoms with E-state index in [1.807, 2.05) is 13.8 Å². The number of carboxylic acids is 1. The van der Waals surface area contributed by atoms with E-state index in [1.165, 1.54) is 12.1 Å². The van der Waals surface area contributed by atoms with Crippen LogP contribution in [0, 0.1) is 0 Å². The Labute approximate surface area is 125 Å². The van der Waals surface area contributed by atoms with Gasteiger partial charge < -0.3 is 15.2 Å². The van der Waals surface area contributed by atoms with Crippen LogP contribution in [-0.2, 0) is 14.6 Å². The zero-order valence-electron chi connectivity index (χ0n) is 12.4. The van der Waals surface area contributed by atoms with Crippen molar-refractivity contribution in [3.8, 4) is 5.75 Å². The van der Waals surface area contributed by atoms with Gasteiger partial charge in [-0.3, -0.25) is 4.79 Å². The fourth-order valence-corrected chi connectivity index (χ4v) is 2.43. The number of hydrogen-bond donors (Lipinski definition) is 2. The first-order valence-electron chi connectivity index (χ1n) is 6.62. The summed E-state index contributed by atoms with van der Waals surface area (Å²) < 4.78 is 28.3. The zero-order valence-corrected chi connectivity index (χ0v) is 13.2. The summed E-state index contributed by atoms with van der Waals surface area (Å²) in [5.41, 5.74) is 0. The molecule has 0 radical (unpaired) electrons. The van der Waals surface area contributed by atoms with Gasteiger partial charge in [-0.25, -0.2) is 8.42 Å². The van der Waals surface area contributed by atoms with Crippen LogP contribution < -0.4 is 10.1 Å². The minimum Gasteiger partial charge on any atom is -0.493 e. The first-order valence-corrected chi connectivity index (χ1v) is 8.51. The lowest BCUT2D eigenvalue weighted by Crippen LogP contribution is -2.41. The number of aliphatic carboxylic acids is 1. The Bertz CT molecular complexity index is 583. The van der Waals surface area contributed by atoms with Crippen LogP contribution in [-0.4, -0.2) is 44.4 Å². The first kappa shape index (κ1) is 17.5. The molecule has 0 aliphatic heterocycles. The molecule has 21 heavy (non-hydrogen) atoms. The average molecular weight is 315 g/mol. The molecule has 0 spiro atoms. The lowest BCUT2D eigenvalue weighted by atomic mass is 10.2. The second-order valence-electron chi connectivity index (χ2n) is 5.10. The highest BCUT2D eigenvalue weighted by Crippen LogP contribution is 2.17. The van der Waals surface area contributed by atoms with Gasteiger partial charge in [-0.2, -0.15) is 0 Å². The zero-order chi connectivity index (χ0) is 16.0. The van der Waals surface area contributed by atoms with Gasteiger partial charge in [0.25, 0.3) is 0 Å². The number of sulfone groups is 1. The van der Waals surface area contributed by atoms with E-state index in [9.17, 15) is 13.2 Å². The second-order valence-corrected chi connectivity index (χ2v) is 7.11. The Kier molecular flexibility index (Phi) is 6.17. The Morgan fingerprint density at radius 1 is 1.38 bits per heavy atom. The molecule has 0 aromatic heterocycles. The summed E-state index contributed by atoms with van der Waals surface area (Å²) in [6.07, 6.45) is 1.41. The Balaban J connectivity index is 2.61. The van der Waals surface area contributed by atoms with Crippen molar-refractivity contribution in [2.45, 2.75) is 37.2 Å². The molecule has 2 N–H and O–H groups in total. The third-order valence-corrected chi connectivity index (χ3v) is 3.85. The number of carbonyl (C=O) groups is 1. The minimum atomic E-state index is -3.28. The van der Waals surface area contributed by atoms with Crippen molar-refractivity contribution >= 4 is 15.8 Å². The van der Waals surface area contributed by atoms with E-state index in [0.29, 0.717) is 5.75 Å². The predicted molar refractivity (Wildman–Crippen MR) is 79.4 cm³/mol. The average Bonchev–Trinajstić information content (AvgIpc) is 2.36. The molecule has 1 unspecified atom stereocenters. The number of rotatable bonds is 8. The van der Waals surface area contributed by atoms with Crippen LogP contribution in [0.3, 0.4) is 0 Å². The molecule has 7 heteroatoms. The molecular weight excluding hydrogens is 294 g/mol. The SMILES string of the molecule is CC(C)NC(CCOc1cccc(S(C)(=O)=O)c1)C(=O)O. The molecule has 0 heterocycles. The Morgan fingerprint density at radius 2 is 2.05 bits per heavy atom. The van der Waals surface area contributed by atoms with Crippen molar-refractivity contribution in [1.82, 2.24) is 5.32 Å². The van der Waals surface area contributed by atoms with E-state index in [0.717, 1.165) is 6.26 Å². The summed E-state index contributed by atoms with van der Waals surface area (Å²) in [4.78, 5) is 11.2. The Morgan fingerprint density at radius 3 is 2.57 bits per heavy atom. The fraction of sp³-hybridized carbons (Fsp3) is 0.500. The number of hydrogen-bond acceptors (Lipinski definition) is 5. The normalized spacial score (nSPS) is 13.1. The third-order valence-electron chi connectivity index (χ3n) is 2.74. The van der Waals surface area contributed by atoms with Crippen molar-refractivity contribution < 1.29 is 23.1 Å². The summed E-state index contributed by atoms with van der Waals surface area (Å²) in [6.45, 7) is 3.92. The van der Waals surface area contributed by atoms with E-state index in [4.69, 9.17) is 9.84 Å². The van der Waals surface area contributed by atoms with Crippen molar-refractivity contribution in [3.63, 3.8) is 0 Å². The van der Waals surface area contributed by atoms with E-state index >= 15 is 0 Å². The molecule has 1 aromatic carbocycles. The maximum absolute atomic E-state index is 11.4. The standard InChI is InChI=1S/C14H21NO5S/c1-10(2)15-13(14(16)17)7-8-20-11-5-4-6-12(9-11)21(3,18)19/h4-6,9-10,13,15H,7-8H2,1-3H3,(H,16,17). The highest BCUT2D eigenvalue weighted by molar-refractivity contribution is 7.90. The van der Waals surface area contributed by atoms with Crippen LogP contribution in [0.4, 0.5) is 0 Å². The molecule has 0 amide bonds. The molecule has 0 saturated carbocycles. The topological polar surface area (TPSA) is 92.7 Å². The van der Waals surface area contributed by atoms with Gasteiger partial charge in [-0.15, -0.1) is 0 Å². The molecule has 1 aromatic rings. The van der Waals surface area contributed by atoms with E-state index in [1.54, 1.807) is 12.1 Å². The maximum Gasteiger partial charge on any atom is 0.320 e. The van der Waals surface area contributed by atoms with Crippen LogP contribution in [0.2, 0.25) is 0 Å². The van der Waals surface area contributed by atoms with Gasteiger partial charge in [0.15, 0.2) is 9.84 Å². The number of benzene rings is 1. The molecule has 0 fully saturated rings. The minimum absolute atomic E-state index is 0.0552. The smallest absolute Gasteiger partial charge is 0.320 e.